The molecule has 0 aliphatic carbocycles. The Bertz CT molecular complexity index is 1020. The van der Waals surface area contributed by atoms with Crippen LogP contribution in [-0.4, -0.2) is 27.8 Å². The van der Waals surface area contributed by atoms with E-state index in [1.54, 1.807) is 36.4 Å². The molecule has 0 saturated heterocycles. The summed E-state index contributed by atoms with van der Waals surface area (Å²) in [6.07, 6.45) is 1.90. The number of unbranched alkanes of at least 4 members (excludes halogenated alkanes) is 1. The van der Waals surface area contributed by atoms with Crippen LogP contribution in [0.3, 0.4) is 0 Å². The van der Waals surface area contributed by atoms with Gasteiger partial charge in [0.2, 0.25) is 5.91 Å². The lowest BCUT2D eigenvalue weighted by atomic mass is 10.2. The molecular weight excluding hydrogens is 365 g/mol. The third kappa shape index (κ3) is 4.36. The maximum atomic E-state index is 14.4. The van der Waals surface area contributed by atoms with E-state index in [-0.39, 0.29) is 28.1 Å². The molecule has 27 heavy (non-hydrogen) atoms. The predicted molar refractivity (Wildman–Crippen MR) is 106 cm³/mol. The summed E-state index contributed by atoms with van der Waals surface area (Å²) in [5, 5.41) is 3.51. The molecule has 140 valence electrons. The summed E-state index contributed by atoms with van der Waals surface area (Å²) >= 11 is 1.12. The molecule has 5 nitrogen and oxygen atoms in total. The number of thioether (sulfide) groups is 1. The molecule has 0 aliphatic heterocycles. The van der Waals surface area contributed by atoms with E-state index in [0.717, 1.165) is 24.6 Å². The van der Waals surface area contributed by atoms with Gasteiger partial charge in [-0.3, -0.25) is 14.2 Å². The van der Waals surface area contributed by atoms with E-state index in [0.29, 0.717) is 17.4 Å². The minimum atomic E-state index is -0.522. The third-order valence-electron chi connectivity index (χ3n) is 4.02. The summed E-state index contributed by atoms with van der Waals surface area (Å²) < 4.78 is 15.6. The summed E-state index contributed by atoms with van der Waals surface area (Å²) in [4.78, 5) is 29.5. The lowest BCUT2D eigenvalue weighted by Crippen LogP contribution is -2.27. The number of nitrogens with one attached hydrogen (secondary N) is 1. The zero-order valence-electron chi connectivity index (χ0n) is 14.9. The van der Waals surface area contributed by atoms with E-state index >= 15 is 0 Å². The monoisotopic (exact) mass is 385 g/mol. The average Bonchev–Trinajstić information content (AvgIpc) is 2.68. The molecule has 0 atom stereocenters. The Kier molecular flexibility index (Phi) is 6.24. The maximum Gasteiger partial charge on any atom is 0.266 e. The fraction of sp³-hybridized carbons (Fsp3) is 0.250. The first-order chi connectivity index (χ1) is 13.1. The minimum absolute atomic E-state index is 0.100. The summed E-state index contributed by atoms with van der Waals surface area (Å²) in [5.41, 5.74) is 0.276. The van der Waals surface area contributed by atoms with Crippen LogP contribution in [0, 0.1) is 5.82 Å². The molecule has 2 aromatic carbocycles. The molecule has 0 radical (unpaired) electrons. The molecule has 0 unspecified atom stereocenters. The molecule has 0 fully saturated rings. The van der Waals surface area contributed by atoms with Crippen LogP contribution in [0.2, 0.25) is 0 Å². The highest BCUT2D eigenvalue weighted by atomic mass is 32.2. The molecule has 3 aromatic rings. The van der Waals surface area contributed by atoms with Gasteiger partial charge >= 0.3 is 0 Å². The predicted octanol–water partition coefficient (Wildman–Crippen LogP) is 3.53. The van der Waals surface area contributed by atoms with Crippen LogP contribution in [-0.2, 0) is 4.79 Å². The van der Waals surface area contributed by atoms with Gasteiger partial charge in [-0.1, -0.05) is 49.4 Å². The topological polar surface area (TPSA) is 64.0 Å². The average molecular weight is 385 g/mol. The number of halogens is 1. The van der Waals surface area contributed by atoms with Crippen molar-refractivity contribution in [3.63, 3.8) is 0 Å². The van der Waals surface area contributed by atoms with E-state index < -0.39 is 5.82 Å². The normalized spacial score (nSPS) is 10.9. The van der Waals surface area contributed by atoms with Crippen LogP contribution in [0.4, 0.5) is 4.39 Å². The van der Waals surface area contributed by atoms with Crippen molar-refractivity contribution in [2.45, 2.75) is 24.9 Å². The van der Waals surface area contributed by atoms with E-state index in [1.165, 1.54) is 16.7 Å². The summed E-state index contributed by atoms with van der Waals surface area (Å²) in [5.74, 6) is -0.565. The lowest BCUT2D eigenvalue weighted by Gasteiger charge is -2.13. The molecule has 0 aliphatic rings. The molecule has 1 aromatic heterocycles. The Labute approximate surface area is 160 Å². The SMILES string of the molecule is CCCCNC(=O)CSc1nc2ccccc2c(=O)n1-c1ccccc1F. The van der Waals surface area contributed by atoms with Crippen molar-refractivity contribution >= 4 is 28.6 Å². The van der Waals surface area contributed by atoms with Gasteiger partial charge < -0.3 is 5.32 Å². The van der Waals surface area contributed by atoms with Gasteiger partial charge in [-0.05, 0) is 30.7 Å². The van der Waals surface area contributed by atoms with E-state index in [9.17, 15) is 14.0 Å². The highest BCUT2D eigenvalue weighted by Gasteiger charge is 2.16. The molecule has 1 heterocycles. The number of amides is 1. The number of rotatable bonds is 7. The quantitative estimate of drug-likeness (QED) is 0.384. The van der Waals surface area contributed by atoms with Crippen molar-refractivity contribution in [1.29, 1.82) is 0 Å². The first-order valence-corrected chi connectivity index (χ1v) is 9.76. The lowest BCUT2D eigenvalue weighted by molar-refractivity contribution is -0.118. The number of hydrogen-bond acceptors (Lipinski definition) is 4. The van der Waals surface area contributed by atoms with Gasteiger partial charge in [0.05, 0.1) is 22.3 Å². The number of carbonyl (C=O) groups is 1. The van der Waals surface area contributed by atoms with Gasteiger partial charge in [-0.25, -0.2) is 9.37 Å². The third-order valence-corrected chi connectivity index (χ3v) is 4.96. The van der Waals surface area contributed by atoms with Gasteiger partial charge in [-0.2, -0.15) is 0 Å². The molecule has 3 rings (SSSR count). The maximum absolute atomic E-state index is 14.4. The van der Waals surface area contributed by atoms with Crippen molar-refractivity contribution in [2.24, 2.45) is 0 Å². The Morgan fingerprint density at radius 1 is 1.19 bits per heavy atom. The van der Waals surface area contributed by atoms with Gasteiger partial charge in [0.15, 0.2) is 5.16 Å². The number of fused-ring (bicyclic) bond motifs is 1. The van der Waals surface area contributed by atoms with Crippen molar-refractivity contribution in [3.05, 3.63) is 64.7 Å². The summed E-state index contributed by atoms with van der Waals surface area (Å²) in [7, 11) is 0. The van der Waals surface area contributed by atoms with Gasteiger partial charge in [-0.15, -0.1) is 0 Å². The number of nitrogens with zero attached hydrogens (tertiary/aromatic N) is 2. The number of hydrogen-bond donors (Lipinski definition) is 1. The van der Waals surface area contributed by atoms with Crippen molar-refractivity contribution < 1.29 is 9.18 Å². The first kappa shape index (κ1) is 19.1. The zero-order valence-corrected chi connectivity index (χ0v) is 15.8. The van der Waals surface area contributed by atoms with Crippen LogP contribution in [0.25, 0.3) is 16.6 Å². The summed E-state index contributed by atoms with van der Waals surface area (Å²) in [6, 6.07) is 13.0. The Morgan fingerprint density at radius 2 is 1.93 bits per heavy atom. The van der Waals surface area contributed by atoms with Crippen LogP contribution < -0.4 is 10.9 Å². The highest BCUT2D eigenvalue weighted by molar-refractivity contribution is 7.99. The summed E-state index contributed by atoms with van der Waals surface area (Å²) in [6.45, 7) is 2.66. The second kappa shape index (κ2) is 8.81. The van der Waals surface area contributed by atoms with Crippen molar-refractivity contribution in [1.82, 2.24) is 14.9 Å². The van der Waals surface area contributed by atoms with Crippen LogP contribution in [0.1, 0.15) is 19.8 Å². The molecule has 1 N–H and O–H groups in total. The van der Waals surface area contributed by atoms with Gasteiger partial charge in [0.1, 0.15) is 5.82 Å². The molecular formula is C20H20FN3O2S. The fourth-order valence-corrected chi connectivity index (χ4v) is 3.48. The Morgan fingerprint density at radius 3 is 2.70 bits per heavy atom. The van der Waals surface area contributed by atoms with Gasteiger partial charge in [0, 0.05) is 6.54 Å². The second-order valence-electron chi connectivity index (χ2n) is 6.00. The minimum Gasteiger partial charge on any atom is -0.355 e. The largest absolute Gasteiger partial charge is 0.355 e. The van der Waals surface area contributed by atoms with Crippen molar-refractivity contribution in [2.75, 3.05) is 12.3 Å². The number of benzene rings is 2. The van der Waals surface area contributed by atoms with Gasteiger partial charge in [0.25, 0.3) is 5.56 Å². The number of para-hydroxylation sites is 2. The molecule has 0 spiro atoms. The smallest absolute Gasteiger partial charge is 0.266 e. The second-order valence-corrected chi connectivity index (χ2v) is 6.94. The zero-order chi connectivity index (χ0) is 19.2. The first-order valence-electron chi connectivity index (χ1n) is 8.78. The van der Waals surface area contributed by atoms with Crippen LogP contribution in [0.5, 0.6) is 0 Å². The Hall–Kier alpha value is -2.67. The van der Waals surface area contributed by atoms with Crippen LogP contribution >= 0.6 is 11.8 Å². The van der Waals surface area contributed by atoms with E-state index in [4.69, 9.17) is 0 Å². The molecule has 7 heteroatoms. The van der Waals surface area contributed by atoms with E-state index in [1.807, 2.05) is 6.92 Å². The fourth-order valence-electron chi connectivity index (χ4n) is 2.64. The highest BCUT2D eigenvalue weighted by Crippen LogP contribution is 2.22. The molecule has 0 saturated carbocycles. The molecule has 0 bridgehead atoms. The Balaban J connectivity index is 2.00. The van der Waals surface area contributed by atoms with Crippen molar-refractivity contribution in [3.8, 4) is 5.69 Å². The number of carbonyl (C=O) groups excluding carboxylic acids is 1. The number of aromatic nitrogens is 2. The van der Waals surface area contributed by atoms with Crippen LogP contribution in [0.15, 0.2) is 58.5 Å². The molecule has 1 amide bonds. The standard InChI is InChI=1S/C20H20FN3O2S/c1-2-3-12-22-18(25)13-27-20-23-16-10-6-4-8-14(16)19(26)24(20)17-11-7-5-9-15(17)21/h4-11H,2-3,12-13H2,1H3,(H,22,25). The van der Waals surface area contributed by atoms with E-state index in [2.05, 4.69) is 10.3 Å².